The van der Waals surface area contributed by atoms with E-state index in [9.17, 15) is 9.59 Å². The average Bonchev–Trinajstić information content (AvgIpc) is 2.47. The smallest absolute Gasteiger partial charge is 0.239 e. The first-order valence-electron chi connectivity index (χ1n) is 8.01. The summed E-state index contributed by atoms with van der Waals surface area (Å²) in [6.45, 7) is 2.04. The first kappa shape index (κ1) is 18.2. The van der Waals surface area contributed by atoms with Gasteiger partial charge in [0, 0.05) is 12.5 Å². The highest BCUT2D eigenvalue weighted by Crippen LogP contribution is 2.25. The van der Waals surface area contributed by atoms with Crippen LogP contribution >= 0.6 is 12.4 Å². The molecule has 0 atom stereocenters. The Labute approximate surface area is 133 Å². The normalized spacial score (nSPS) is 20.4. The van der Waals surface area contributed by atoms with Gasteiger partial charge in [0.1, 0.15) is 0 Å². The molecule has 1 aliphatic carbocycles. The number of hydrogen-bond acceptors (Lipinski definition) is 3. The monoisotopic (exact) mass is 317 g/mol. The minimum absolute atomic E-state index is 0. The SMILES string of the molecule is Cl.O=C(CC1CCCCC1)NCC(=O)NC1CCNCC1. The molecular formula is C15H28ClN3O2. The highest BCUT2D eigenvalue weighted by Gasteiger charge is 2.18. The summed E-state index contributed by atoms with van der Waals surface area (Å²) in [7, 11) is 0. The minimum Gasteiger partial charge on any atom is -0.352 e. The van der Waals surface area contributed by atoms with E-state index in [1.165, 1.54) is 19.3 Å². The fourth-order valence-corrected chi connectivity index (χ4v) is 3.15. The number of carbonyl (C=O) groups excluding carboxylic acids is 2. The van der Waals surface area contributed by atoms with Gasteiger partial charge in [0.15, 0.2) is 0 Å². The van der Waals surface area contributed by atoms with Crippen LogP contribution in [0.4, 0.5) is 0 Å². The van der Waals surface area contributed by atoms with E-state index in [1.807, 2.05) is 0 Å². The van der Waals surface area contributed by atoms with Crippen LogP contribution in [0.15, 0.2) is 0 Å². The van der Waals surface area contributed by atoms with Crippen molar-refractivity contribution >= 4 is 24.2 Å². The summed E-state index contributed by atoms with van der Waals surface area (Å²) in [6.07, 6.45) is 8.65. The van der Waals surface area contributed by atoms with Gasteiger partial charge in [-0.25, -0.2) is 0 Å². The van der Waals surface area contributed by atoms with Gasteiger partial charge in [0.25, 0.3) is 0 Å². The zero-order valence-electron chi connectivity index (χ0n) is 12.7. The molecule has 21 heavy (non-hydrogen) atoms. The lowest BCUT2D eigenvalue weighted by molar-refractivity contribution is -0.127. The molecule has 5 nitrogen and oxygen atoms in total. The maximum atomic E-state index is 11.8. The molecule has 1 aliphatic heterocycles. The lowest BCUT2D eigenvalue weighted by Gasteiger charge is -2.24. The predicted molar refractivity (Wildman–Crippen MR) is 85.5 cm³/mol. The van der Waals surface area contributed by atoms with Gasteiger partial charge < -0.3 is 16.0 Å². The van der Waals surface area contributed by atoms with E-state index in [0.29, 0.717) is 12.3 Å². The number of halogens is 1. The van der Waals surface area contributed by atoms with E-state index in [4.69, 9.17) is 0 Å². The fourth-order valence-electron chi connectivity index (χ4n) is 3.15. The quantitative estimate of drug-likeness (QED) is 0.717. The van der Waals surface area contributed by atoms with Crippen molar-refractivity contribution in [3.05, 3.63) is 0 Å². The number of hydrogen-bond donors (Lipinski definition) is 3. The van der Waals surface area contributed by atoms with Crippen LogP contribution in [0.1, 0.15) is 51.4 Å². The number of amides is 2. The molecule has 1 heterocycles. The van der Waals surface area contributed by atoms with Crippen LogP contribution in [-0.2, 0) is 9.59 Å². The third-order valence-corrected chi connectivity index (χ3v) is 4.35. The molecule has 1 saturated heterocycles. The highest BCUT2D eigenvalue weighted by atomic mass is 35.5. The summed E-state index contributed by atoms with van der Waals surface area (Å²) in [6, 6.07) is 0.263. The molecule has 0 aromatic carbocycles. The van der Waals surface area contributed by atoms with Crippen molar-refractivity contribution in [1.82, 2.24) is 16.0 Å². The van der Waals surface area contributed by atoms with Crippen molar-refractivity contribution in [3.63, 3.8) is 0 Å². The summed E-state index contributed by atoms with van der Waals surface area (Å²) in [4.78, 5) is 23.6. The number of piperidine rings is 1. The molecule has 0 bridgehead atoms. The van der Waals surface area contributed by atoms with Crippen LogP contribution in [0, 0.1) is 5.92 Å². The van der Waals surface area contributed by atoms with Gasteiger partial charge in [0.05, 0.1) is 6.54 Å². The zero-order valence-corrected chi connectivity index (χ0v) is 13.5. The van der Waals surface area contributed by atoms with Crippen molar-refractivity contribution in [2.75, 3.05) is 19.6 Å². The van der Waals surface area contributed by atoms with E-state index in [1.54, 1.807) is 0 Å². The van der Waals surface area contributed by atoms with Gasteiger partial charge in [-0.3, -0.25) is 9.59 Å². The van der Waals surface area contributed by atoms with Crippen LogP contribution < -0.4 is 16.0 Å². The van der Waals surface area contributed by atoms with E-state index in [-0.39, 0.29) is 36.8 Å². The Balaban J connectivity index is 0.00000220. The Bertz CT molecular complexity index is 295. The van der Waals surface area contributed by atoms with E-state index in [2.05, 4.69) is 16.0 Å². The maximum Gasteiger partial charge on any atom is 0.239 e. The number of nitrogens with one attached hydrogen (secondary N) is 3. The van der Waals surface area contributed by atoms with Crippen LogP contribution in [-0.4, -0.2) is 37.5 Å². The van der Waals surface area contributed by atoms with Crippen molar-refractivity contribution in [2.45, 2.75) is 57.4 Å². The average molecular weight is 318 g/mol. The van der Waals surface area contributed by atoms with Gasteiger partial charge in [-0.1, -0.05) is 19.3 Å². The molecule has 2 fully saturated rings. The Morgan fingerprint density at radius 1 is 0.952 bits per heavy atom. The predicted octanol–water partition coefficient (Wildman–Crippen LogP) is 1.36. The third-order valence-electron chi connectivity index (χ3n) is 4.35. The molecule has 0 aromatic heterocycles. The second-order valence-electron chi connectivity index (χ2n) is 6.08. The molecule has 2 aliphatic rings. The van der Waals surface area contributed by atoms with Crippen molar-refractivity contribution in [1.29, 1.82) is 0 Å². The van der Waals surface area contributed by atoms with Crippen LogP contribution in [0.3, 0.4) is 0 Å². The third kappa shape index (κ3) is 7.14. The van der Waals surface area contributed by atoms with Crippen molar-refractivity contribution in [3.8, 4) is 0 Å². The van der Waals surface area contributed by atoms with Gasteiger partial charge in [-0.2, -0.15) is 0 Å². The molecule has 0 aromatic rings. The lowest BCUT2D eigenvalue weighted by Crippen LogP contribution is -2.46. The van der Waals surface area contributed by atoms with Crippen molar-refractivity contribution < 1.29 is 9.59 Å². The molecule has 0 unspecified atom stereocenters. The molecule has 1 saturated carbocycles. The Morgan fingerprint density at radius 2 is 1.62 bits per heavy atom. The van der Waals surface area contributed by atoms with E-state index in [0.717, 1.165) is 38.8 Å². The summed E-state index contributed by atoms with van der Waals surface area (Å²) in [5.41, 5.74) is 0. The Morgan fingerprint density at radius 3 is 2.29 bits per heavy atom. The standard InChI is InChI=1S/C15H27N3O2.ClH/c19-14(10-12-4-2-1-3-5-12)17-11-15(20)18-13-6-8-16-9-7-13;/h12-13,16H,1-11H2,(H,17,19)(H,18,20);1H. The first-order valence-corrected chi connectivity index (χ1v) is 8.01. The second-order valence-corrected chi connectivity index (χ2v) is 6.08. The molecule has 6 heteroatoms. The molecule has 0 radical (unpaired) electrons. The summed E-state index contributed by atoms with van der Waals surface area (Å²) >= 11 is 0. The second kappa shape index (κ2) is 10.0. The van der Waals surface area contributed by atoms with E-state index >= 15 is 0 Å². The zero-order chi connectivity index (χ0) is 14.2. The molecule has 2 amide bonds. The van der Waals surface area contributed by atoms with Crippen molar-refractivity contribution in [2.24, 2.45) is 5.92 Å². The maximum absolute atomic E-state index is 11.8. The van der Waals surface area contributed by atoms with Gasteiger partial charge in [-0.15, -0.1) is 12.4 Å². The molecule has 122 valence electrons. The van der Waals surface area contributed by atoms with Gasteiger partial charge >= 0.3 is 0 Å². The van der Waals surface area contributed by atoms with E-state index < -0.39 is 0 Å². The Kier molecular flexibility index (Phi) is 8.69. The van der Waals surface area contributed by atoms with Gasteiger partial charge in [0.2, 0.25) is 11.8 Å². The minimum atomic E-state index is -0.0612. The molecule has 3 N–H and O–H groups in total. The molecule has 2 rings (SSSR count). The lowest BCUT2D eigenvalue weighted by atomic mass is 9.87. The fraction of sp³-hybridized carbons (Fsp3) is 0.867. The largest absolute Gasteiger partial charge is 0.352 e. The highest BCUT2D eigenvalue weighted by molar-refractivity contribution is 5.85. The summed E-state index contributed by atoms with van der Waals surface area (Å²) < 4.78 is 0. The summed E-state index contributed by atoms with van der Waals surface area (Å²) in [5.74, 6) is 0.488. The number of rotatable bonds is 5. The Hall–Kier alpha value is -0.810. The topological polar surface area (TPSA) is 70.2 Å². The van der Waals surface area contributed by atoms with Crippen LogP contribution in [0.2, 0.25) is 0 Å². The molecule has 0 spiro atoms. The first-order chi connectivity index (χ1) is 9.74. The number of carbonyl (C=O) groups is 2. The summed E-state index contributed by atoms with van der Waals surface area (Å²) in [5, 5.41) is 9.00. The van der Waals surface area contributed by atoms with Crippen LogP contribution in [0.25, 0.3) is 0 Å². The van der Waals surface area contributed by atoms with Gasteiger partial charge in [-0.05, 0) is 44.7 Å². The van der Waals surface area contributed by atoms with Crippen LogP contribution in [0.5, 0.6) is 0 Å². The molecular weight excluding hydrogens is 290 g/mol.